The monoisotopic (exact) mass is 328 g/mol. The number of benzene rings is 1. The van der Waals surface area contributed by atoms with E-state index in [9.17, 15) is 0 Å². The molecular weight excluding hydrogens is 296 g/mol. The number of hydrogen-bond acceptors (Lipinski definition) is 2. The number of hydrogen-bond donors (Lipinski definition) is 0. The standard InChI is InChI=1S/C22H32O2/c1-16-10-11-18-20(2,3)19(24-14-17-8-6-5-7-9-17)22(23-4)13-12-21(16,18)15-22/h5-9,16,18-19H,10-15H2,1-4H3/t16-,18+,19-,21-,22-/m1/s1. The van der Waals surface area contributed by atoms with Gasteiger partial charge in [0.15, 0.2) is 0 Å². The summed E-state index contributed by atoms with van der Waals surface area (Å²) in [5.41, 5.74) is 1.83. The zero-order valence-electron chi connectivity index (χ0n) is 15.7. The maximum Gasteiger partial charge on any atom is 0.0950 e. The van der Waals surface area contributed by atoms with Crippen LogP contribution in [0.25, 0.3) is 0 Å². The molecule has 3 fully saturated rings. The second-order valence-corrected chi connectivity index (χ2v) is 9.21. The normalized spacial score (nSPS) is 42.9. The number of rotatable bonds is 4. The van der Waals surface area contributed by atoms with Crippen molar-refractivity contribution in [1.82, 2.24) is 0 Å². The molecule has 0 aromatic heterocycles. The van der Waals surface area contributed by atoms with Gasteiger partial charge < -0.3 is 9.47 Å². The Hall–Kier alpha value is -0.860. The van der Waals surface area contributed by atoms with Gasteiger partial charge in [-0.2, -0.15) is 0 Å². The van der Waals surface area contributed by atoms with Crippen molar-refractivity contribution in [1.29, 1.82) is 0 Å². The third-order valence-corrected chi connectivity index (χ3v) is 7.92. The van der Waals surface area contributed by atoms with Gasteiger partial charge in [-0.15, -0.1) is 0 Å². The summed E-state index contributed by atoms with van der Waals surface area (Å²) in [6, 6.07) is 10.6. The molecule has 3 saturated carbocycles. The highest BCUT2D eigenvalue weighted by Gasteiger charge is 2.70. The van der Waals surface area contributed by atoms with E-state index >= 15 is 0 Å². The lowest BCUT2D eigenvalue weighted by atomic mass is 9.53. The molecule has 0 heterocycles. The maximum absolute atomic E-state index is 6.62. The summed E-state index contributed by atoms with van der Waals surface area (Å²) < 4.78 is 12.9. The molecule has 0 amide bonds. The van der Waals surface area contributed by atoms with Crippen LogP contribution in [0.1, 0.15) is 58.4 Å². The lowest BCUT2D eigenvalue weighted by Crippen LogP contribution is -2.60. The van der Waals surface area contributed by atoms with Crippen molar-refractivity contribution in [3.63, 3.8) is 0 Å². The molecule has 3 aliphatic rings. The van der Waals surface area contributed by atoms with E-state index < -0.39 is 0 Å². The molecule has 2 heteroatoms. The van der Waals surface area contributed by atoms with Crippen LogP contribution in [0.5, 0.6) is 0 Å². The molecule has 1 spiro atoms. The van der Waals surface area contributed by atoms with Gasteiger partial charge >= 0.3 is 0 Å². The van der Waals surface area contributed by atoms with Gasteiger partial charge in [0.1, 0.15) is 0 Å². The highest BCUT2D eigenvalue weighted by atomic mass is 16.5. The second-order valence-electron chi connectivity index (χ2n) is 9.21. The Morgan fingerprint density at radius 3 is 2.54 bits per heavy atom. The maximum atomic E-state index is 6.62. The van der Waals surface area contributed by atoms with Gasteiger partial charge in [-0.1, -0.05) is 51.1 Å². The molecule has 2 bridgehead atoms. The first-order valence-corrected chi connectivity index (χ1v) is 9.65. The fourth-order valence-electron chi connectivity index (χ4n) is 6.83. The van der Waals surface area contributed by atoms with Gasteiger partial charge in [0.25, 0.3) is 0 Å². The minimum absolute atomic E-state index is 0.0899. The molecule has 2 nitrogen and oxygen atoms in total. The lowest BCUT2D eigenvalue weighted by molar-refractivity contribution is -0.222. The Bertz CT molecular complexity index is 595. The van der Waals surface area contributed by atoms with E-state index in [1.165, 1.54) is 31.2 Å². The predicted octanol–water partition coefficient (Wildman–Crippen LogP) is 5.21. The van der Waals surface area contributed by atoms with Gasteiger partial charge in [-0.05, 0) is 60.3 Å². The van der Waals surface area contributed by atoms with Crippen LogP contribution in [-0.4, -0.2) is 18.8 Å². The highest BCUT2D eigenvalue weighted by molar-refractivity contribution is 5.20. The number of fused-ring (bicyclic) bond motifs is 1. The first-order chi connectivity index (χ1) is 11.4. The van der Waals surface area contributed by atoms with Crippen molar-refractivity contribution >= 4 is 0 Å². The van der Waals surface area contributed by atoms with Crippen LogP contribution in [0.4, 0.5) is 0 Å². The van der Waals surface area contributed by atoms with Crippen molar-refractivity contribution in [2.45, 2.75) is 71.2 Å². The molecule has 5 atom stereocenters. The minimum atomic E-state index is -0.0899. The topological polar surface area (TPSA) is 18.5 Å². The van der Waals surface area contributed by atoms with Crippen LogP contribution in [0, 0.1) is 22.7 Å². The van der Waals surface area contributed by atoms with Gasteiger partial charge in [-0.25, -0.2) is 0 Å². The first kappa shape index (κ1) is 16.6. The molecule has 1 aromatic carbocycles. The van der Waals surface area contributed by atoms with E-state index in [0.717, 1.165) is 18.3 Å². The summed E-state index contributed by atoms with van der Waals surface area (Å²) >= 11 is 0. The molecule has 132 valence electrons. The predicted molar refractivity (Wildman–Crippen MR) is 96.7 cm³/mol. The van der Waals surface area contributed by atoms with E-state index in [1.54, 1.807) is 0 Å². The van der Waals surface area contributed by atoms with Crippen LogP contribution < -0.4 is 0 Å². The molecule has 0 N–H and O–H groups in total. The molecule has 1 aromatic rings. The molecule has 4 rings (SSSR count). The largest absolute Gasteiger partial charge is 0.375 e. The van der Waals surface area contributed by atoms with Crippen molar-refractivity contribution in [3.05, 3.63) is 35.9 Å². The number of methoxy groups -OCH3 is 1. The van der Waals surface area contributed by atoms with Crippen LogP contribution in [0.3, 0.4) is 0 Å². The first-order valence-electron chi connectivity index (χ1n) is 9.65. The average Bonchev–Trinajstić information content (AvgIpc) is 3.10. The fraction of sp³-hybridized carbons (Fsp3) is 0.727. The van der Waals surface area contributed by atoms with Crippen LogP contribution in [0.15, 0.2) is 30.3 Å². The molecular formula is C22H32O2. The smallest absolute Gasteiger partial charge is 0.0950 e. The fourth-order valence-corrected chi connectivity index (χ4v) is 6.83. The van der Waals surface area contributed by atoms with Crippen molar-refractivity contribution in [3.8, 4) is 0 Å². The Morgan fingerprint density at radius 2 is 1.83 bits per heavy atom. The van der Waals surface area contributed by atoms with Crippen LogP contribution in [0.2, 0.25) is 0 Å². The Labute approximate surface area is 146 Å². The highest BCUT2D eigenvalue weighted by Crippen LogP contribution is 2.71. The minimum Gasteiger partial charge on any atom is -0.375 e. The summed E-state index contributed by atoms with van der Waals surface area (Å²) in [6.45, 7) is 8.05. The third kappa shape index (κ3) is 2.15. The third-order valence-electron chi connectivity index (χ3n) is 7.92. The Kier molecular flexibility index (Phi) is 3.85. The summed E-state index contributed by atoms with van der Waals surface area (Å²) in [6.07, 6.45) is 6.60. The average molecular weight is 328 g/mol. The summed E-state index contributed by atoms with van der Waals surface area (Å²) in [5.74, 6) is 1.60. The second kappa shape index (κ2) is 5.57. The zero-order valence-corrected chi connectivity index (χ0v) is 15.7. The van der Waals surface area contributed by atoms with E-state index in [0.29, 0.717) is 12.0 Å². The van der Waals surface area contributed by atoms with E-state index in [4.69, 9.17) is 9.47 Å². The summed E-state index contributed by atoms with van der Waals surface area (Å²) in [5, 5.41) is 0. The van der Waals surface area contributed by atoms with E-state index in [2.05, 4.69) is 51.1 Å². The van der Waals surface area contributed by atoms with Crippen LogP contribution in [-0.2, 0) is 16.1 Å². The number of ether oxygens (including phenoxy) is 2. The van der Waals surface area contributed by atoms with Crippen molar-refractivity contribution in [2.75, 3.05) is 7.11 Å². The Balaban J connectivity index is 1.65. The molecule has 3 aliphatic carbocycles. The molecule has 0 unspecified atom stereocenters. The summed E-state index contributed by atoms with van der Waals surface area (Å²) in [4.78, 5) is 0. The quantitative estimate of drug-likeness (QED) is 0.755. The van der Waals surface area contributed by atoms with E-state index in [-0.39, 0.29) is 17.1 Å². The molecule has 0 radical (unpaired) electrons. The SMILES string of the molecule is CO[C@]12CC[C@@]3(C1)[C@H](C)CC[C@H]3C(C)(C)[C@H]2OCc1ccccc1. The summed E-state index contributed by atoms with van der Waals surface area (Å²) in [7, 11) is 1.91. The van der Waals surface area contributed by atoms with Crippen molar-refractivity contribution in [2.24, 2.45) is 22.7 Å². The molecule has 0 aliphatic heterocycles. The van der Waals surface area contributed by atoms with Gasteiger partial charge in [0.2, 0.25) is 0 Å². The van der Waals surface area contributed by atoms with Crippen molar-refractivity contribution < 1.29 is 9.47 Å². The zero-order chi connectivity index (χ0) is 17.0. The molecule has 0 saturated heterocycles. The van der Waals surface area contributed by atoms with E-state index in [1.807, 2.05) is 7.11 Å². The lowest BCUT2D eigenvalue weighted by Gasteiger charge is -2.56. The molecule has 24 heavy (non-hydrogen) atoms. The van der Waals surface area contributed by atoms with Gasteiger partial charge in [0.05, 0.1) is 18.3 Å². The van der Waals surface area contributed by atoms with Gasteiger partial charge in [-0.3, -0.25) is 0 Å². The van der Waals surface area contributed by atoms with Gasteiger partial charge in [0, 0.05) is 7.11 Å². The Morgan fingerprint density at radius 1 is 1.08 bits per heavy atom. The van der Waals surface area contributed by atoms with Crippen LogP contribution >= 0.6 is 0 Å².